The van der Waals surface area contributed by atoms with Crippen LogP contribution in [0.3, 0.4) is 0 Å². The molecule has 0 aliphatic carbocycles. The summed E-state index contributed by atoms with van der Waals surface area (Å²) in [6.07, 6.45) is 2.07. The van der Waals surface area contributed by atoms with E-state index in [1.54, 1.807) is 0 Å². The molecule has 3 nitrogen and oxygen atoms in total. The summed E-state index contributed by atoms with van der Waals surface area (Å²) < 4.78 is 0. The Morgan fingerprint density at radius 3 is 2.75 bits per heavy atom. The molecule has 0 spiro atoms. The molecule has 1 N–H and O–H groups in total. The minimum Gasteiger partial charge on any atom is -0.338 e. The lowest BCUT2D eigenvalue weighted by Gasteiger charge is -2.25. The van der Waals surface area contributed by atoms with Gasteiger partial charge in [-0.15, -0.1) is 0 Å². The first-order chi connectivity index (χ1) is 9.58. The number of benzene rings is 1. The van der Waals surface area contributed by atoms with Crippen molar-refractivity contribution in [2.45, 2.75) is 39.7 Å². The summed E-state index contributed by atoms with van der Waals surface area (Å²) >= 11 is 0. The predicted octanol–water partition coefficient (Wildman–Crippen LogP) is 2.71. The zero-order chi connectivity index (χ0) is 14.5. The van der Waals surface area contributed by atoms with Gasteiger partial charge >= 0.3 is 0 Å². The van der Waals surface area contributed by atoms with Crippen molar-refractivity contribution in [2.75, 3.05) is 19.6 Å². The first kappa shape index (κ1) is 15.0. The van der Waals surface area contributed by atoms with Crippen molar-refractivity contribution in [1.82, 2.24) is 10.2 Å². The third kappa shape index (κ3) is 3.83. The quantitative estimate of drug-likeness (QED) is 0.895. The molecule has 2 rings (SSSR count). The van der Waals surface area contributed by atoms with Gasteiger partial charge in [0.15, 0.2) is 0 Å². The molecule has 1 aromatic rings. The lowest BCUT2D eigenvalue weighted by atomic mass is 10.0. The van der Waals surface area contributed by atoms with E-state index in [2.05, 4.69) is 32.2 Å². The van der Waals surface area contributed by atoms with Crippen LogP contribution in [-0.4, -0.2) is 36.5 Å². The molecule has 20 heavy (non-hydrogen) atoms. The van der Waals surface area contributed by atoms with Crippen molar-refractivity contribution in [2.24, 2.45) is 5.92 Å². The standard InChI is InChI=1S/C17H26N2O/c1-13(2)18-11-14(3)12-19-10-6-8-15-7-4-5-9-16(15)17(19)20/h4-5,7,9,13-14,18H,6,8,10-12H2,1-3H3. The average molecular weight is 274 g/mol. The number of hydrogen-bond donors (Lipinski definition) is 1. The summed E-state index contributed by atoms with van der Waals surface area (Å²) in [5.41, 5.74) is 2.10. The van der Waals surface area contributed by atoms with E-state index in [0.29, 0.717) is 12.0 Å². The third-order valence-corrected chi connectivity index (χ3v) is 3.82. The second-order valence-corrected chi connectivity index (χ2v) is 6.18. The molecule has 1 heterocycles. The van der Waals surface area contributed by atoms with Gasteiger partial charge in [-0.3, -0.25) is 4.79 Å². The van der Waals surface area contributed by atoms with Crippen LogP contribution >= 0.6 is 0 Å². The summed E-state index contributed by atoms with van der Waals surface area (Å²) in [6, 6.07) is 8.53. The van der Waals surface area contributed by atoms with Crippen LogP contribution < -0.4 is 5.32 Å². The summed E-state index contributed by atoms with van der Waals surface area (Å²) in [7, 11) is 0. The lowest BCUT2D eigenvalue weighted by Crippen LogP contribution is -2.38. The zero-order valence-corrected chi connectivity index (χ0v) is 12.9. The van der Waals surface area contributed by atoms with E-state index >= 15 is 0 Å². The number of hydrogen-bond acceptors (Lipinski definition) is 2. The Balaban J connectivity index is 2.01. The maximum atomic E-state index is 12.6. The van der Waals surface area contributed by atoms with Crippen LogP contribution in [0.4, 0.5) is 0 Å². The molecule has 1 aliphatic heterocycles. The van der Waals surface area contributed by atoms with Gasteiger partial charge in [-0.2, -0.15) is 0 Å². The fourth-order valence-corrected chi connectivity index (χ4v) is 2.73. The van der Waals surface area contributed by atoms with Crippen LogP contribution in [0.25, 0.3) is 0 Å². The molecule has 3 heteroatoms. The zero-order valence-electron chi connectivity index (χ0n) is 12.9. The van der Waals surface area contributed by atoms with Crippen LogP contribution in [-0.2, 0) is 6.42 Å². The van der Waals surface area contributed by atoms with Crippen LogP contribution in [0.1, 0.15) is 43.1 Å². The smallest absolute Gasteiger partial charge is 0.254 e. The molecule has 0 radical (unpaired) electrons. The Bertz CT molecular complexity index is 456. The van der Waals surface area contributed by atoms with Gasteiger partial charge in [0.2, 0.25) is 0 Å². The largest absolute Gasteiger partial charge is 0.338 e. The molecule has 1 aromatic carbocycles. The maximum absolute atomic E-state index is 12.6. The van der Waals surface area contributed by atoms with E-state index in [1.165, 1.54) is 5.56 Å². The number of aryl methyl sites for hydroxylation is 1. The second kappa shape index (κ2) is 6.89. The minimum absolute atomic E-state index is 0.203. The average Bonchev–Trinajstić information content (AvgIpc) is 2.58. The third-order valence-electron chi connectivity index (χ3n) is 3.82. The Kier molecular flexibility index (Phi) is 5.18. The first-order valence-corrected chi connectivity index (χ1v) is 7.68. The van der Waals surface area contributed by atoms with Gasteiger partial charge in [0, 0.05) is 24.7 Å². The van der Waals surface area contributed by atoms with Gasteiger partial charge in [0.25, 0.3) is 5.91 Å². The monoisotopic (exact) mass is 274 g/mol. The molecule has 1 unspecified atom stereocenters. The van der Waals surface area contributed by atoms with E-state index < -0.39 is 0 Å². The number of rotatable bonds is 5. The Morgan fingerprint density at radius 2 is 2.00 bits per heavy atom. The molecule has 0 aromatic heterocycles. The van der Waals surface area contributed by atoms with Crippen LogP contribution in [0.5, 0.6) is 0 Å². The molecule has 1 atom stereocenters. The highest BCUT2D eigenvalue weighted by atomic mass is 16.2. The van der Waals surface area contributed by atoms with Gasteiger partial charge in [-0.05, 0) is 36.9 Å². The number of amides is 1. The number of nitrogens with one attached hydrogen (secondary N) is 1. The normalized spacial score (nSPS) is 17.0. The highest BCUT2D eigenvalue weighted by Gasteiger charge is 2.23. The molecule has 0 saturated carbocycles. The number of carbonyl (C=O) groups excluding carboxylic acids is 1. The fraction of sp³-hybridized carbons (Fsp3) is 0.588. The summed E-state index contributed by atoms with van der Waals surface area (Å²) in [4.78, 5) is 14.6. The Labute approximate surface area is 122 Å². The molecular weight excluding hydrogens is 248 g/mol. The molecule has 1 aliphatic rings. The van der Waals surface area contributed by atoms with Gasteiger partial charge in [-0.1, -0.05) is 39.0 Å². The Hall–Kier alpha value is -1.35. The van der Waals surface area contributed by atoms with Crippen molar-refractivity contribution in [3.05, 3.63) is 35.4 Å². The van der Waals surface area contributed by atoms with E-state index in [-0.39, 0.29) is 5.91 Å². The minimum atomic E-state index is 0.203. The van der Waals surface area contributed by atoms with Gasteiger partial charge in [0.05, 0.1) is 0 Å². The van der Waals surface area contributed by atoms with E-state index in [4.69, 9.17) is 0 Å². The molecular formula is C17H26N2O. The van der Waals surface area contributed by atoms with E-state index in [9.17, 15) is 4.79 Å². The number of carbonyl (C=O) groups is 1. The first-order valence-electron chi connectivity index (χ1n) is 7.68. The Morgan fingerprint density at radius 1 is 1.25 bits per heavy atom. The van der Waals surface area contributed by atoms with Crippen molar-refractivity contribution in [1.29, 1.82) is 0 Å². The maximum Gasteiger partial charge on any atom is 0.254 e. The summed E-state index contributed by atoms with van der Waals surface area (Å²) in [5.74, 6) is 0.682. The highest BCUT2D eigenvalue weighted by Crippen LogP contribution is 2.19. The highest BCUT2D eigenvalue weighted by molar-refractivity contribution is 5.96. The second-order valence-electron chi connectivity index (χ2n) is 6.18. The van der Waals surface area contributed by atoms with Crippen LogP contribution in [0, 0.1) is 5.92 Å². The summed E-state index contributed by atoms with van der Waals surface area (Å²) in [6.45, 7) is 9.19. The molecule has 110 valence electrons. The molecule has 1 amide bonds. The number of nitrogens with zero attached hydrogens (tertiary/aromatic N) is 1. The molecule has 0 saturated heterocycles. The summed E-state index contributed by atoms with van der Waals surface area (Å²) in [5, 5.41) is 3.45. The SMILES string of the molecule is CC(CNC(C)C)CN1CCCc2ccccc2C1=O. The molecule has 0 fully saturated rings. The van der Waals surface area contributed by atoms with Gasteiger partial charge < -0.3 is 10.2 Å². The van der Waals surface area contributed by atoms with Crippen molar-refractivity contribution >= 4 is 5.91 Å². The fourth-order valence-electron chi connectivity index (χ4n) is 2.73. The van der Waals surface area contributed by atoms with Crippen LogP contribution in [0.15, 0.2) is 24.3 Å². The van der Waals surface area contributed by atoms with Crippen LogP contribution in [0.2, 0.25) is 0 Å². The van der Waals surface area contributed by atoms with Crippen molar-refractivity contribution in [3.8, 4) is 0 Å². The van der Waals surface area contributed by atoms with E-state index in [0.717, 1.165) is 38.0 Å². The lowest BCUT2D eigenvalue weighted by molar-refractivity contribution is 0.0737. The predicted molar refractivity (Wildman–Crippen MR) is 83.0 cm³/mol. The van der Waals surface area contributed by atoms with Crippen molar-refractivity contribution < 1.29 is 4.79 Å². The topological polar surface area (TPSA) is 32.3 Å². The molecule has 0 bridgehead atoms. The van der Waals surface area contributed by atoms with Gasteiger partial charge in [0.1, 0.15) is 0 Å². The van der Waals surface area contributed by atoms with Crippen molar-refractivity contribution in [3.63, 3.8) is 0 Å². The number of fused-ring (bicyclic) bond motifs is 1. The van der Waals surface area contributed by atoms with Gasteiger partial charge in [-0.25, -0.2) is 0 Å². The van der Waals surface area contributed by atoms with E-state index in [1.807, 2.05) is 23.1 Å².